The summed E-state index contributed by atoms with van der Waals surface area (Å²) in [5.74, 6) is -2.57. The van der Waals surface area contributed by atoms with Crippen LogP contribution in [0.5, 0.6) is 5.75 Å². The minimum Gasteiger partial charge on any atom is -0.496 e. The van der Waals surface area contributed by atoms with Gasteiger partial charge in [-0.25, -0.2) is 4.79 Å². The fraction of sp³-hybridized carbons (Fsp3) is 0.300. The Bertz CT molecular complexity index is 879. The van der Waals surface area contributed by atoms with Gasteiger partial charge in [-0.05, 0) is 29.5 Å². The van der Waals surface area contributed by atoms with Crippen LogP contribution in [-0.2, 0) is 14.3 Å². The molecule has 0 fully saturated rings. The summed E-state index contributed by atoms with van der Waals surface area (Å²) in [5, 5.41) is 6.49. The Balaban J connectivity index is 1.91. The van der Waals surface area contributed by atoms with Crippen molar-refractivity contribution in [1.29, 1.82) is 0 Å². The quantitative estimate of drug-likeness (QED) is 0.635. The zero-order chi connectivity index (χ0) is 21.4. The minimum atomic E-state index is -0.928. The lowest BCUT2D eigenvalue weighted by atomic mass is 10.0. The molecule has 0 unspecified atom stereocenters. The van der Waals surface area contributed by atoms with Crippen LogP contribution in [0.15, 0.2) is 41.8 Å². The van der Waals surface area contributed by atoms with E-state index in [9.17, 15) is 19.2 Å². The van der Waals surface area contributed by atoms with E-state index >= 15 is 0 Å². The zero-order valence-electron chi connectivity index (χ0n) is 16.3. The summed E-state index contributed by atoms with van der Waals surface area (Å²) in [6.07, 6.45) is 0. The van der Waals surface area contributed by atoms with Crippen LogP contribution in [0.3, 0.4) is 0 Å². The van der Waals surface area contributed by atoms with Gasteiger partial charge >= 0.3 is 5.97 Å². The van der Waals surface area contributed by atoms with E-state index in [1.165, 1.54) is 24.5 Å². The number of nitrogens with one attached hydrogen (secondary N) is 2. The molecule has 0 aliphatic carbocycles. The molecule has 154 valence electrons. The van der Waals surface area contributed by atoms with Crippen LogP contribution in [0.2, 0.25) is 0 Å². The lowest BCUT2D eigenvalue weighted by Crippen LogP contribution is -2.46. The normalized spacial score (nSPS) is 11.4. The molecule has 2 N–H and O–H groups in total. The average Bonchev–Trinajstić information content (AvgIpc) is 3.24. The van der Waals surface area contributed by atoms with Crippen molar-refractivity contribution in [1.82, 2.24) is 10.6 Å². The molecule has 0 saturated heterocycles. The number of imide groups is 1. The van der Waals surface area contributed by atoms with E-state index in [1.54, 1.807) is 49.6 Å². The second-order valence-corrected chi connectivity index (χ2v) is 7.31. The first-order valence-corrected chi connectivity index (χ1v) is 9.69. The molecular weight excluding hydrogens is 396 g/mol. The SMILES string of the molecule is COc1ccccc1C(=O)NC(=O)COC(=O)[C@H](NC(=O)c1cccs1)C(C)C. The number of rotatable bonds is 8. The Morgan fingerprint density at radius 1 is 1.03 bits per heavy atom. The first-order valence-electron chi connectivity index (χ1n) is 8.81. The smallest absolute Gasteiger partial charge is 0.329 e. The summed E-state index contributed by atoms with van der Waals surface area (Å²) in [6.45, 7) is 2.83. The van der Waals surface area contributed by atoms with Crippen molar-refractivity contribution in [3.05, 3.63) is 52.2 Å². The standard InChI is InChI=1S/C20H22N2O6S/c1-12(2)17(22-19(25)15-9-6-10-29-15)20(26)28-11-16(23)21-18(24)13-7-4-5-8-14(13)27-3/h4-10,12,17H,11H2,1-3H3,(H,22,25)(H,21,23,24)/t17-/m1/s1. The molecule has 0 aliphatic heterocycles. The Hall–Kier alpha value is -3.20. The molecule has 1 atom stereocenters. The maximum atomic E-state index is 12.3. The number of carbonyl (C=O) groups is 4. The van der Waals surface area contributed by atoms with Gasteiger partial charge in [0.25, 0.3) is 17.7 Å². The van der Waals surface area contributed by atoms with Gasteiger partial charge in [0.2, 0.25) is 0 Å². The molecule has 0 bridgehead atoms. The van der Waals surface area contributed by atoms with Gasteiger partial charge in [0, 0.05) is 0 Å². The summed E-state index contributed by atoms with van der Waals surface area (Å²) < 4.78 is 10.1. The molecule has 2 rings (SSSR count). The monoisotopic (exact) mass is 418 g/mol. The number of thiophene rings is 1. The molecule has 3 amide bonds. The summed E-state index contributed by atoms with van der Waals surface area (Å²) in [5.41, 5.74) is 0.179. The zero-order valence-corrected chi connectivity index (χ0v) is 17.1. The maximum absolute atomic E-state index is 12.3. The molecule has 8 nitrogen and oxygen atoms in total. The lowest BCUT2D eigenvalue weighted by molar-refractivity contribution is -0.151. The van der Waals surface area contributed by atoms with Gasteiger partial charge in [-0.1, -0.05) is 32.0 Å². The molecule has 0 aliphatic rings. The van der Waals surface area contributed by atoms with Crippen LogP contribution >= 0.6 is 11.3 Å². The molecule has 1 heterocycles. The second kappa shape index (κ2) is 10.4. The summed E-state index contributed by atoms with van der Waals surface area (Å²) >= 11 is 1.25. The van der Waals surface area contributed by atoms with E-state index in [4.69, 9.17) is 9.47 Å². The fourth-order valence-electron chi connectivity index (χ4n) is 2.41. The third kappa shape index (κ3) is 6.15. The fourth-order valence-corrected chi connectivity index (χ4v) is 3.03. The molecule has 0 radical (unpaired) electrons. The highest BCUT2D eigenvalue weighted by atomic mass is 32.1. The van der Waals surface area contributed by atoms with Crippen LogP contribution in [0.1, 0.15) is 33.9 Å². The Kier molecular flexibility index (Phi) is 7.90. The first-order chi connectivity index (χ1) is 13.8. The van der Waals surface area contributed by atoms with Crippen molar-refractivity contribution >= 4 is 35.0 Å². The molecular formula is C20H22N2O6S. The molecule has 2 aromatic rings. The van der Waals surface area contributed by atoms with Crippen molar-refractivity contribution < 1.29 is 28.7 Å². The van der Waals surface area contributed by atoms with Gasteiger partial charge in [0.1, 0.15) is 11.8 Å². The number of hydrogen-bond donors (Lipinski definition) is 2. The largest absolute Gasteiger partial charge is 0.496 e. The van der Waals surface area contributed by atoms with Crippen LogP contribution in [0, 0.1) is 5.92 Å². The molecule has 9 heteroatoms. The lowest BCUT2D eigenvalue weighted by Gasteiger charge is -2.20. The van der Waals surface area contributed by atoms with Gasteiger partial charge in [-0.15, -0.1) is 11.3 Å². The minimum absolute atomic E-state index is 0.179. The van der Waals surface area contributed by atoms with Gasteiger partial charge in [0.15, 0.2) is 6.61 Å². The van der Waals surface area contributed by atoms with E-state index in [1.807, 2.05) is 0 Å². The third-order valence-electron chi connectivity index (χ3n) is 3.90. The third-order valence-corrected chi connectivity index (χ3v) is 4.77. The molecule has 29 heavy (non-hydrogen) atoms. The average molecular weight is 418 g/mol. The van der Waals surface area contributed by atoms with Crippen molar-refractivity contribution in [2.24, 2.45) is 5.92 Å². The van der Waals surface area contributed by atoms with E-state index < -0.39 is 36.3 Å². The number of para-hydroxylation sites is 1. The van der Waals surface area contributed by atoms with E-state index in [2.05, 4.69) is 10.6 Å². The highest BCUT2D eigenvalue weighted by molar-refractivity contribution is 7.12. The van der Waals surface area contributed by atoms with Crippen LogP contribution in [0.25, 0.3) is 0 Å². The number of benzene rings is 1. The maximum Gasteiger partial charge on any atom is 0.329 e. The van der Waals surface area contributed by atoms with E-state index in [0.717, 1.165) is 0 Å². The predicted molar refractivity (Wildman–Crippen MR) is 107 cm³/mol. The first kappa shape index (κ1) is 22.1. The number of hydrogen-bond acceptors (Lipinski definition) is 7. The molecule has 1 aromatic heterocycles. The highest BCUT2D eigenvalue weighted by Crippen LogP contribution is 2.16. The molecule has 1 aromatic carbocycles. The van der Waals surface area contributed by atoms with Crippen LogP contribution < -0.4 is 15.4 Å². The van der Waals surface area contributed by atoms with E-state index in [-0.39, 0.29) is 11.5 Å². The number of ether oxygens (including phenoxy) is 2. The summed E-state index contributed by atoms with van der Waals surface area (Å²) in [4.78, 5) is 49.2. The van der Waals surface area contributed by atoms with Crippen LogP contribution in [0.4, 0.5) is 0 Å². The Labute approximate surface area is 172 Å². The van der Waals surface area contributed by atoms with Crippen molar-refractivity contribution in [3.63, 3.8) is 0 Å². The number of carbonyl (C=O) groups excluding carboxylic acids is 4. The second-order valence-electron chi connectivity index (χ2n) is 6.36. The van der Waals surface area contributed by atoms with Gasteiger partial charge < -0.3 is 14.8 Å². The van der Waals surface area contributed by atoms with Gasteiger partial charge in [0.05, 0.1) is 17.6 Å². The summed E-state index contributed by atoms with van der Waals surface area (Å²) in [7, 11) is 1.41. The molecule has 0 spiro atoms. The van der Waals surface area contributed by atoms with Crippen LogP contribution in [-0.4, -0.2) is 43.4 Å². The van der Waals surface area contributed by atoms with Crippen molar-refractivity contribution in [2.45, 2.75) is 19.9 Å². The Morgan fingerprint density at radius 3 is 2.38 bits per heavy atom. The number of esters is 1. The number of methoxy groups -OCH3 is 1. The molecule has 0 saturated carbocycles. The predicted octanol–water partition coefficient (Wildman–Crippen LogP) is 2.01. The summed E-state index contributed by atoms with van der Waals surface area (Å²) in [6, 6.07) is 8.85. The van der Waals surface area contributed by atoms with Crippen molar-refractivity contribution in [2.75, 3.05) is 13.7 Å². The van der Waals surface area contributed by atoms with Gasteiger partial charge in [-0.2, -0.15) is 0 Å². The highest BCUT2D eigenvalue weighted by Gasteiger charge is 2.27. The topological polar surface area (TPSA) is 111 Å². The van der Waals surface area contributed by atoms with Crippen molar-refractivity contribution in [3.8, 4) is 5.75 Å². The van der Waals surface area contributed by atoms with E-state index in [0.29, 0.717) is 10.6 Å². The van der Waals surface area contributed by atoms with Gasteiger partial charge in [-0.3, -0.25) is 19.7 Å². The Morgan fingerprint density at radius 2 is 1.76 bits per heavy atom. The number of amides is 3.